The van der Waals surface area contributed by atoms with Crippen LogP contribution in [0.1, 0.15) is 30.1 Å². The predicted molar refractivity (Wildman–Crippen MR) is 81.6 cm³/mol. The van der Waals surface area contributed by atoms with Crippen molar-refractivity contribution in [1.82, 2.24) is 9.80 Å². The van der Waals surface area contributed by atoms with Crippen molar-refractivity contribution in [2.45, 2.75) is 31.8 Å². The molecule has 0 radical (unpaired) electrons. The van der Waals surface area contributed by atoms with Crippen molar-refractivity contribution in [3.05, 3.63) is 34.9 Å². The highest BCUT2D eigenvalue weighted by Crippen LogP contribution is 2.24. The van der Waals surface area contributed by atoms with Crippen molar-refractivity contribution in [2.24, 2.45) is 0 Å². The Morgan fingerprint density at radius 3 is 2.95 bits per heavy atom. The minimum atomic E-state index is -0.179. The molecule has 1 amide bonds. The zero-order valence-electron chi connectivity index (χ0n) is 12.1. The van der Waals surface area contributed by atoms with Crippen LogP contribution in [0, 0.1) is 0 Å². The maximum absolute atomic E-state index is 12.6. The summed E-state index contributed by atoms with van der Waals surface area (Å²) in [5, 5.41) is 0.583. The van der Waals surface area contributed by atoms with Crippen molar-refractivity contribution in [2.75, 3.05) is 19.6 Å². The lowest BCUT2D eigenvalue weighted by atomic mass is 10.0. The van der Waals surface area contributed by atoms with Gasteiger partial charge in [-0.1, -0.05) is 23.7 Å². The van der Waals surface area contributed by atoms with Gasteiger partial charge in [0.1, 0.15) is 0 Å². The fourth-order valence-electron chi connectivity index (χ4n) is 3.29. The summed E-state index contributed by atoms with van der Waals surface area (Å²) in [6.45, 7) is 4.22. The van der Waals surface area contributed by atoms with E-state index in [4.69, 9.17) is 11.6 Å². The maximum Gasteiger partial charge on any atom is 0.222 e. The number of halogens is 1. The summed E-state index contributed by atoms with van der Waals surface area (Å²) in [5.41, 5.74) is 0.653. The van der Waals surface area contributed by atoms with Gasteiger partial charge in [-0.3, -0.25) is 14.5 Å². The van der Waals surface area contributed by atoms with E-state index in [1.54, 1.807) is 24.3 Å². The third kappa shape index (κ3) is 2.83. The summed E-state index contributed by atoms with van der Waals surface area (Å²) >= 11 is 5.96. The molecule has 0 aliphatic carbocycles. The number of hydrogen-bond donors (Lipinski definition) is 0. The Kier molecular flexibility index (Phi) is 4.00. The Morgan fingerprint density at radius 1 is 1.38 bits per heavy atom. The number of ketones is 1. The fraction of sp³-hybridized carbons (Fsp3) is 0.500. The number of benzene rings is 1. The van der Waals surface area contributed by atoms with Crippen LogP contribution in [0.4, 0.5) is 0 Å². The van der Waals surface area contributed by atoms with Gasteiger partial charge in [-0.15, -0.1) is 0 Å². The number of piperazine rings is 1. The largest absolute Gasteiger partial charge is 0.337 e. The van der Waals surface area contributed by atoms with E-state index in [9.17, 15) is 9.59 Å². The second-order valence-corrected chi connectivity index (χ2v) is 6.26. The summed E-state index contributed by atoms with van der Waals surface area (Å²) in [4.78, 5) is 28.4. The van der Waals surface area contributed by atoms with Gasteiger partial charge in [0.2, 0.25) is 5.91 Å². The van der Waals surface area contributed by atoms with Gasteiger partial charge in [-0.25, -0.2) is 0 Å². The van der Waals surface area contributed by atoms with Gasteiger partial charge in [0.05, 0.1) is 6.04 Å². The molecule has 1 aromatic carbocycles. The first-order valence-electron chi connectivity index (χ1n) is 7.39. The van der Waals surface area contributed by atoms with Crippen molar-refractivity contribution in [3.63, 3.8) is 0 Å². The van der Waals surface area contributed by atoms with Gasteiger partial charge in [-0.2, -0.15) is 0 Å². The van der Waals surface area contributed by atoms with Gasteiger partial charge in [0.25, 0.3) is 0 Å². The first kappa shape index (κ1) is 14.5. The van der Waals surface area contributed by atoms with Crippen molar-refractivity contribution >= 4 is 23.3 Å². The van der Waals surface area contributed by atoms with E-state index >= 15 is 0 Å². The number of nitrogens with zero attached hydrogens (tertiary/aromatic N) is 2. The molecule has 5 heteroatoms. The zero-order chi connectivity index (χ0) is 15.0. The highest BCUT2D eigenvalue weighted by Gasteiger charge is 2.37. The number of carbonyl (C=O) groups is 2. The number of fused-ring (bicyclic) bond motifs is 1. The molecular weight excluding hydrogens is 288 g/mol. The van der Waals surface area contributed by atoms with E-state index < -0.39 is 0 Å². The van der Waals surface area contributed by atoms with E-state index in [1.165, 1.54) is 0 Å². The number of hydrogen-bond acceptors (Lipinski definition) is 3. The van der Waals surface area contributed by atoms with Gasteiger partial charge >= 0.3 is 0 Å². The monoisotopic (exact) mass is 306 g/mol. The second kappa shape index (κ2) is 5.78. The molecule has 0 N–H and O–H groups in total. The van der Waals surface area contributed by atoms with E-state index in [2.05, 4.69) is 4.90 Å². The average molecular weight is 307 g/mol. The molecule has 21 heavy (non-hydrogen) atoms. The van der Waals surface area contributed by atoms with Crippen LogP contribution in [0.3, 0.4) is 0 Å². The van der Waals surface area contributed by atoms with Crippen LogP contribution in [-0.2, 0) is 4.79 Å². The van der Waals surface area contributed by atoms with Crippen molar-refractivity contribution < 1.29 is 9.59 Å². The number of Topliss-reactive ketones (excluding diaryl/α,β-unsaturated/α-hetero) is 1. The van der Waals surface area contributed by atoms with Gasteiger partial charge < -0.3 is 4.90 Å². The molecule has 2 heterocycles. The molecule has 0 saturated carbocycles. The quantitative estimate of drug-likeness (QED) is 0.804. The molecule has 112 valence electrons. The number of amides is 1. The number of carbonyl (C=O) groups excluding carboxylic acids is 2. The fourth-order valence-corrected chi connectivity index (χ4v) is 3.48. The Morgan fingerprint density at radius 2 is 2.19 bits per heavy atom. The average Bonchev–Trinajstić information content (AvgIpc) is 2.86. The van der Waals surface area contributed by atoms with Gasteiger partial charge in [0, 0.05) is 42.7 Å². The molecule has 2 aliphatic heterocycles. The number of rotatable bonds is 3. The smallest absolute Gasteiger partial charge is 0.222 e. The maximum atomic E-state index is 12.6. The van der Waals surface area contributed by atoms with Crippen LogP contribution in [0.15, 0.2) is 24.3 Å². The summed E-state index contributed by atoms with van der Waals surface area (Å²) in [7, 11) is 0. The summed E-state index contributed by atoms with van der Waals surface area (Å²) in [6, 6.07) is 7.19. The van der Waals surface area contributed by atoms with Crippen LogP contribution in [0.5, 0.6) is 0 Å². The normalized spacial score (nSPS) is 24.0. The minimum Gasteiger partial charge on any atom is -0.337 e. The minimum absolute atomic E-state index is 0.0928. The zero-order valence-corrected chi connectivity index (χ0v) is 12.8. The van der Waals surface area contributed by atoms with E-state index in [0.29, 0.717) is 17.0 Å². The lowest BCUT2D eigenvalue weighted by Gasteiger charge is -2.40. The Hall–Kier alpha value is -1.39. The molecular formula is C16H19ClN2O2. The molecule has 2 saturated heterocycles. The Bertz CT molecular complexity index is 575. The standard InChI is InChI=1S/C16H19ClN2O2/c1-11(16(21)12-3-2-4-13(17)9-12)18-7-8-19-14(10-18)5-6-15(19)20/h2-4,9,11,14H,5-8,10H2,1H3. The highest BCUT2D eigenvalue weighted by atomic mass is 35.5. The van der Waals surface area contributed by atoms with Gasteiger partial charge in [-0.05, 0) is 25.5 Å². The SMILES string of the molecule is CC(C(=O)c1cccc(Cl)c1)N1CCN2C(=O)CCC2C1. The van der Waals surface area contributed by atoms with E-state index in [0.717, 1.165) is 26.1 Å². The van der Waals surface area contributed by atoms with E-state index in [-0.39, 0.29) is 23.8 Å². The molecule has 3 rings (SSSR count). The van der Waals surface area contributed by atoms with E-state index in [1.807, 2.05) is 11.8 Å². The predicted octanol–water partition coefficient (Wildman–Crippen LogP) is 2.22. The van der Waals surface area contributed by atoms with Crippen LogP contribution >= 0.6 is 11.6 Å². The topological polar surface area (TPSA) is 40.6 Å². The lowest BCUT2D eigenvalue weighted by molar-refractivity contribution is -0.130. The van der Waals surface area contributed by atoms with Crippen LogP contribution < -0.4 is 0 Å². The lowest BCUT2D eigenvalue weighted by Crippen LogP contribution is -2.55. The molecule has 2 aliphatic rings. The first-order valence-corrected chi connectivity index (χ1v) is 7.77. The van der Waals surface area contributed by atoms with Crippen LogP contribution in [0.25, 0.3) is 0 Å². The van der Waals surface area contributed by atoms with Crippen LogP contribution in [0.2, 0.25) is 5.02 Å². The molecule has 4 nitrogen and oxygen atoms in total. The molecule has 0 aromatic heterocycles. The summed E-state index contributed by atoms with van der Waals surface area (Å²) < 4.78 is 0. The molecule has 2 unspecified atom stereocenters. The molecule has 1 aromatic rings. The van der Waals surface area contributed by atoms with Crippen LogP contribution in [-0.4, -0.2) is 53.2 Å². The molecule has 0 bridgehead atoms. The Labute approximate surface area is 129 Å². The Balaban J connectivity index is 1.69. The van der Waals surface area contributed by atoms with Crippen molar-refractivity contribution in [1.29, 1.82) is 0 Å². The molecule has 2 fully saturated rings. The molecule has 2 atom stereocenters. The second-order valence-electron chi connectivity index (χ2n) is 5.83. The summed E-state index contributed by atoms with van der Waals surface area (Å²) in [6.07, 6.45) is 1.56. The highest BCUT2D eigenvalue weighted by molar-refractivity contribution is 6.31. The van der Waals surface area contributed by atoms with Crippen molar-refractivity contribution in [3.8, 4) is 0 Å². The molecule has 0 spiro atoms. The van der Waals surface area contributed by atoms with Gasteiger partial charge in [0.15, 0.2) is 5.78 Å². The first-order chi connectivity index (χ1) is 10.1. The summed E-state index contributed by atoms with van der Waals surface area (Å²) in [5.74, 6) is 0.351. The third-order valence-electron chi connectivity index (χ3n) is 4.56. The third-order valence-corrected chi connectivity index (χ3v) is 4.80.